The first-order valence-corrected chi connectivity index (χ1v) is 13.0. The second-order valence-electron chi connectivity index (χ2n) is 7.48. The summed E-state index contributed by atoms with van der Waals surface area (Å²) in [5.41, 5.74) is 4.24. The Bertz CT molecular complexity index is 1550. The Balaban J connectivity index is 1.55. The van der Waals surface area contributed by atoms with Crippen LogP contribution in [0.25, 0.3) is 10.9 Å². The van der Waals surface area contributed by atoms with Crippen molar-refractivity contribution < 1.29 is 13.2 Å². The predicted molar refractivity (Wildman–Crippen MR) is 136 cm³/mol. The predicted octanol–water partition coefficient (Wildman–Crippen LogP) is 2.33. The number of aromatic nitrogens is 2. The Hall–Kier alpha value is -3.80. The molecule has 0 aliphatic rings. The number of rotatable bonds is 8. The maximum atomic E-state index is 13.2. The molecule has 0 atom stereocenters. The summed E-state index contributed by atoms with van der Waals surface area (Å²) < 4.78 is 24.5. The third-order valence-electron chi connectivity index (χ3n) is 4.95. The van der Waals surface area contributed by atoms with Gasteiger partial charge in [0, 0.05) is 0 Å². The van der Waals surface area contributed by atoms with E-state index >= 15 is 0 Å². The van der Waals surface area contributed by atoms with Crippen LogP contribution in [-0.4, -0.2) is 35.8 Å². The minimum absolute atomic E-state index is 0.0126. The molecule has 0 aliphatic carbocycles. The minimum atomic E-state index is -3.82. The molecule has 0 spiro atoms. The van der Waals surface area contributed by atoms with E-state index in [1.165, 1.54) is 22.9 Å². The summed E-state index contributed by atoms with van der Waals surface area (Å²) >= 11 is 1.11. The quantitative estimate of drug-likeness (QED) is 0.163. The molecule has 0 unspecified atom stereocenters. The number of nitrogens with one attached hydrogen (secondary N) is 1. The number of primary sulfonamides is 1. The lowest BCUT2D eigenvalue weighted by molar-refractivity contribution is -0.118. The van der Waals surface area contributed by atoms with E-state index in [0.717, 1.165) is 17.3 Å². The molecule has 4 rings (SSSR count). The van der Waals surface area contributed by atoms with E-state index in [9.17, 15) is 18.0 Å². The standard InChI is InChI=1S/C24H21N5O4S2/c25-35(32,33)19-12-10-18(11-13-19)15-29-23(31)20-8-4-5-9-21(20)27-24(29)34-16-22(30)28-26-14-17-6-2-1-3-7-17/h1-14H,15-16H2,(H,28,30)(H2,25,32,33)/b26-14+. The molecule has 0 radical (unpaired) electrons. The molecule has 178 valence electrons. The van der Waals surface area contributed by atoms with E-state index in [2.05, 4.69) is 15.5 Å². The number of hydrogen-bond acceptors (Lipinski definition) is 7. The van der Waals surface area contributed by atoms with Crippen LogP contribution in [0.2, 0.25) is 0 Å². The molecule has 1 heterocycles. The van der Waals surface area contributed by atoms with Gasteiger partial charge in [-0.05, 0) is 35.4 Å². The summed E-state index contributed by atoms with van der Waals surface area (Å²) in [4.78, 5) is 30.1. The van der Waals surface area contributed by atoms with Gasteiger partial charge in [-0.1, -0.05) is 66.4 Å². The van der Waals surface area contributed by atoms with Gasteiger partial charge in [-0.3, -0.25) is 14.2 Å². The Morgan fingerprint density at radius 1 is 1.03 bits per heavy atom. The van der Waals surface area contributed by atoms with Crippen LogP contribution in [0.4, 0.5) is 0 Å². The first-order chi connectivity index (χ1) is 16.8. The van der Waals surface area contributed by atoms with Crippen molar-refractivity contribution in [3.8, 4) is 0 Å². The molecule has 1 amide bonds. The summed E-state index contributed by atoms with van der Waals surface area (Å²) in [7, 11) is -3.82. The average Bonchev–Trinajstić information content (AvgIpc) is 2.85. The fourth-order valence-corrected chi connectivity index (χ4v) is 4.55. The number of para-hydroxylation sites is 1. The highest BCUT2D eigenvalue weighted by Gasteiger charge is 2.14. The molecular weight excluding hydrogens is 486 g/mol. The lowest BCUT2D eigenvalue weighted by Crippen LogP contribution is -2.25. The van der Waals surface area contributed by atoms with Crippen LogP contribution >= 0.6 is 11.8 Å². The average molecular weight is 508 g/mol. The molecule has 0 saturated carbocycles. The van der Waals surface area contributed by atoms with E-state index in [1.54, 1.807) is 36.4 Å². The number of benzene rings is 3. The van der Waals surface area contributed by atoms with Gasteiger partial charge >= 0.3 is 0 Å². The monoisotopic (exact) mass is 507 g/mol. The highest BCUT2D eigenvalue weighted by atomic mass is 32.2. The van der Waals surface area contributed by atoms with Crippen LogP contribution in [0.1, 0.15) is 11.1 Å². The van der Waals surface area contributed by atoms with Gasteiger partial charge in [0.25, 0.3) is 11.5 Å². The second-order valence-corrected chi connectivity index (χ2v) is 9.99. The Labute approximate surface area is 205 Å². The number of nitrogens with two attached hydrogens (primary N) is 1. The van der Waals surface area contributed by atoms with E-state index in [-0.39, 0.29) is 28.7 Å². The van der Waals surface area contributed by atoms with Gasteiger partial charge in [0.15, 0.2) is 5.16 Å². The van der Waals surface area contributed by atoms with Crippen LogP contribution in [0.5, 0.6) is 0 Å². The lowest BCUT2D eigenvalue weighted by atomic mass is 10.2. The highest BCUT2D eigenvalue weighted by molar-refractivity contribution is 7.99. The van der Waals surface area contributed by atoms with Gasteiger partial charge in [0.2, 0.25) is 10.0 Å². The number of hydrogen-bond donors (Lipinski definition) is 2. The number of nitrogens with zero attached hydrogens (tertiary/aromatic N) is 3. The third kappa shape index (κ3) is 6.21. The lowest BCUT2D eigenvalue weighted by Gasteiger charge is -2.13. The first kappa shape index (κ1) is 24.3. The number of carbonyl (C=O) groups is 1. The maximum Gasteiger partial charge on any atom is 0.262 e. The zero-order valence-corrected chi connectivity index (χ0v) is 20.0. The van der Waals surface area contributed by atoms with Crippen LogP contribution < -0.4 is 16.1 Å². The van der Waals surface area contributed by atoms with Crippen molar-refractivity contribution in [3.63, 3.8) is 0 Å². The van der Waals surface area contributed by atoms with E-state index in [4.69, 9.17) is 5.14 Å². The van der Waals surface area contributed by atoms with Gasteiger partial charge in [-0.15, -0.1) is 0 Å². The molecule has 3 aromatic carbocycles. The van der Waals surface area contributed by atoms with Crippen LogP contribution in [0.15, 0.2) is 98.8 Å². The molecule has 4 aromatic rings. The first-order valence-electron chi connectivity index (χ1n) is 10.4. The van der Waals surface area contributed by atoms with Crippen molar-refractivity contribution in [1.29, 1.82) is 0 Å². The molecule has 35 heavy (non-hydrogen) atoms. The van der Waals surface area contributed by atoms with Crippen molar-refractivity contribution in [2.24, 2.45) is 10.2 Å². The summed E-state index contributed by atoms with van der Waals surface area (Å²) in [6, 6.07) is 22.2. The van der Waals surface area contributed by atoms with Crippen molar-refractivity contribution in [2.75, 3.05) is 5.75 Å². The van der Waals surface area contributed by atoms with E-state index in [1.807, 2.05) is 30.3 Å². The topological polar surface area (TPSA) is 137 Å². The van der Waals surface area contributed by atoms with Crippen LogP contribution in [0, 0.1) is 0 Å². The minimum Gasteiger partial charge on any atom is -0.283 e. The molecule has 0 saturated heterocycles. The largest absolute Gasteiger partial charge is 0.283 e. The maximum absolute atomic E-state index is 13.2. The van der Waals surface area contributed by atoms with Crippen molar-refractivity contribution in [2.45, 2.75) is 16.6 Å². The van der Waals surface area contributed by atoms with Crippen molar-refractivity contribution in [1.82, 2.24) is 15.0 Å². The molecule has 0 fully saturated rings. The molecular formula is C24H21N5O4S2. The summed E-state index contributed by atoms with van der Waals surface area (Å²) in [6.45, 7) is 0.137. The van der Waals surface area contributed by atoms with Crippen molar-refractivity contribution in [3.05, 3.63) is 100 Å². The molecule has 3 N–H and O–H groups in total. The normalized spacial score (nSPS) is 11.7. The van der Waals surface area contributed by atoms with Gasteiger partial charge in [0.1, 0.15) is 0 Å². The summed E-state index contributed by atoms with van der Waals surface area (Å²) in [5, 5.41) is 9.91. The Morgan fingerprint density at radius 3 is 2.43 bits per heavy atom. The smallest absolute Gasteiger partial charge is 0.262 e. The Morgan fingerprint density at radius 2 is 1.71 bits per heavy atom. The van der Waals surface area contributed by atoms with Gasteiger partial charge in [0.05, 0.1) is 34.3 Å². The van der Waals surface area contributed by atoms with Gasteiger partial charge in [-0.25, -0.2) is 24.0 Å². The number of amides is 1. The summed E-state index contributed by atoms with van der Waals surface area (Å²) in [6.07, 6.45) is 1.54. The SMILES string of the molecule is NS(=O)(=O)c1ccc(Cn2c(SCC(=O)N/N=C/c3ccccc3)nc3ccccc3c2=O)cc1. The summed E-state index contributed by atoms with van der Waals surface area (Å²) in [5.74, 6) is -0.366. The van der Waals surface area contributed by atoms with Crippen LogP contribution in [-0.2, 0) is 21.4 Å². The fourth-order valence-electron chi connectivity index (χ4n) is 3.24. The third-order valence-corrected chi connectivity index (χ3v) is 6.86. The number of fused-ring (bicyclic) bond motifs is 1. The van der Waals surface area contributed by atoms with Crippen LogP contribution in [0.3, 0.4) is 0 Å². The molecule has 1 aromatic heterocycles. The number of thioether (sulfide) groups is 1. The zero-order valence-electron chi connectivity index (χ0n) is 18.4. The van der Waals surface area contributed by atoms with E-state index in [0.29, 0.717) is 21.6 Å². The molecule has 9 nitrogen and oxygen atoms in total. The molecule has 0 bridgehead atoms. The number of sulfonamides is 1. The fraction of sp³-hybridized carbons (Fsp3) is 0.0833. The molecule has 11 heteroatoms. The van der Waals surface area contributed by atoms with Gasteiger partial charge in [-0.2, -0.15) is 5.10 Å². The number of carbonyl (C=O) groups excluding carboxylic acids is 1. The Kier molecular flexibility index (Phi) is 7.39. The molecule has 0 aliphatic heterocycles. The van der Waals surface area contributed by atoms with E-state index < -0.39 is 10.0 Å². The second kappa shape index (κ2) is 10.6. The number of hydrazone groups is 1. The van der Waals surface area contributed by atoms with Gasteiger partial charge < -0.3 is 0 Å². The van der Waals surface area contributed by atoms with Crippen molar-refractivity contribution >= 4 is 44.8 Å². The zero-order chi connectivity index (χ0) is 24.8. The highest BCUT2D eigenvalue weighted by Crippen LogP contribution is 2.19.